The van der Waals surface area contributed by atoms with Crippen molar-refractivity contribution in [3.05, 3.63) is 76.7 Å². The van der Waals surface area contributed by atoms with Gasteiger partial charge in [-0.3, -0.25) is 9.78 Å². The predicted molar refractivity (Wildman–Crippen MR) is 132 cm³/mol. The average Bonchev–Trinajstić information content (AvgIpc) is 3.26. The molecule has 1 spiro atoms. The van der Waals surface area contributed by atoms with E-state index in [1.165, 1.54) is 24.6 Å². The highest BCUT2D eigenvalue weighted by Crippen LogP contribution is 2.36. The molecule has 0 radical (unpaired) electrons. The van der Waals surface area contributed by atoms with E-state index in [0.717, 1.165) is 56.8 Å². The summed E-state index contributed by atoms with van der Waals surface area (Å²) < 4.78 is 35.1. The zero-order chi connectivity index (χ0) is 24.7. The molecule has 1 aromatic carbocycles. The zero-order valence-corrected chi connectivity index (χ0v) is 20.0. The molecule has 36 heavy (non-hydrogen) atoms. The van der Waals surface area contributed by atoms with Gasteiger partial charge in [-0.15, -0.1) is 0 Å². The minimum Gasteiger partial charge on any atom is -0.375 e. The predicted octanol–water partition coefficient (Wildman–Crippen LogP) is 4.80. The second-order valence-corrected chi connectivity index (χ2v) is 9.93. The lowest BCUT2D eigenvalue weighted by molar-refractivity contribution is -0.0920. The summed E-state index contributed by atoms with van der Waals surface area (Å²) in [6, 6.07) is 9.36. The molecule has 1 amide bonds. The van der Waals surface area contributed by atoms with Crippen LogP contribution < -0.4 is 10.2 Å². The smallest absolute Gasteiger partial charge is 0.253 e. The first-order valence-electron chi connectivity index (χ1n) is 12.6. The fraction of sp³-hybridized carbons (Fsp3) is 0.393. The largest absolute Gasteiger partial charge is 0.375 e. The van der Waals surface area contributed by atoms with Gasteiger partial charge >= 0.3 is 0 Å². The number of rotatable bonds is 4. The molecule has 3 aromatic rings. The van der Waals surface area contributed by atoms with Crippen LogP contribution in [0.3, 0.4) is 0 Å². The van der Waals surface area contributed by atoms with E-state index in [9.17, 15) is 13.6 Å². The summed E-state index contributed by atoms with van der Waals surface area (Å²) in [5.74, 6) is -1.60. The molecule has 0 bridgehead atoms. The van der Waals surface area contributed by atoms with Crippen molar-refractivity contribution in [3.63, 3.8) is 0 Å². The number of amides is 1. The number of hydrogen-bond acceptors (Lipinski definition) is 5. The molecule has 6 nitrogen and oxygen atoms in total. The van der Waals surface area contributed by atoms with E-state index in [1.54, 1.807) is 6.07 Å². The highest BCUT2D eigenvalue weighted by atomic mass is 19.1. The number of carbonyl (C=O) groups excluding carboxylic acids is 1. The maximum atomic E-state index is 14.5. The van der Waals surface area contributed by atoms with Crippen LogP contribution in [-0.2, 0) is 17.7 Å². The monoisotopic (exact) mass is 490 g/mol. The first-order valence-corrected chi connectivity index (χ1v) is 12.6. The van der Waals surface area contributed by atoms with Gasteiger partial charge in [-0.05, 0) is 68.0 Å². The van der Waals surface area contributed by atoms with Crippen molar-refractivity contribution in [2.45, 2.75) is 50.7 Å². The van der Waals surface area contributed by atoms with Crippen LogP contribution in [0.15, 0.2) is 42.6 Å². The number of nitrogens with one attached hydrogen (secondary N) is 1. The lowest BCUT2D eigenvalue weighted by Crippen LogP contribution is -2.47. The van der Waals surface area contributed by atoms with E-state index in [-0.39, 0.29) is 29.3 Å². The molecule has 0 unspecified atom stereocenters. The Hall–Kier alpha value is -3.39. The van der Waals surface area contributed by atoms with Crippen molar-refractivity contribution in [1.82, 2.24) is 15.3 Å². The van der Waals surface area contributed by atoms with Gasteiger partial charge in [-0.1, -0.05) is 6.07 Å². The van der Waals surface area contributed by atoms with Crippen molar-refractivity contribution >= 4 is 11.6 Å². The number of fused-ring (bicyclic) bond motifs is 1. The van der Waals surface area contributed by atoms with E-state index >= 15 is 0 Å². The quantitative estimate of drug-likeness (QED) is 0.569. The molecule has 2 fully saturated rings. The van der Waals surface area contributed by atoms with Gasteiger partial charge in [-0.2, -0.15) is 0 Å². The van der Waals surface area contributed by atoms with Crippen LogP contribution in [0.5, 0.6) is 0 Å². The van der Waals surface area contributed by atoms with Crippen LogP contribution in [0.1, 0.15) is 59.4 Å². The Morgan fingerprint density at radius 1 is 1.03 bits per heavy atom. The van der Waals surface area contributed by atoms with E-state index in [2.05, 4.69) is 26.3 Å². The molecule has 0 atom stereocenters. The number of nitrogens with zero attached hydrogens (tertiary/aromatic N) is 3. The van der Waals surface area contributed by atoms with Crippen LogP contribution in [0.2, 0.25) is 0 Å². The lowest BCUT2D eigenvalue weighted by atomic mass is 9.84. The standard InChI is InChI=1S/C28H28F2N4O2/c29-21-4-3-5-22(30)26(21)23-15-18(25-24(33-23)17-32-27(25)35)14-19-6-7-20(16-31-19)34-11-9-28(10-12-34)8-1-2-13-36-28/h3-7,15-16H,1-2,8-14,17H2,(H,32,35). The van der Waals surface area contributed by atoms with Gasteiger partial charge in [0.2, 0.25) is 0 Å². The van der Waals surface area contributed by atoms with Gasteiger partial charge in [0.05, 0.1) is 46.5 Å². The van der Waals surface area contributed by atoms with Crippen molar-refractivity contribution in [2.75, 3.05) is 24.6 Å². The van der Waals surface area contributed by atoms with Gasteiger partial charge in [0.15, 0.2) is 0 Å². The number of pyridine rings is 2. The molecule has 5 heterocycles. The molecular weight excluding hydrogens is 462 g/mol. The molecule has 8 heteroatoms. The van der Waals surface area contributed by atoms with Crippen molar-refractivity contribution in [3.8, 4) is 11.3 Å². The van der Waals surface area contributed by atoms with Gasteiger partial charge in [0, 0.05) is 31.8 Å². The van der Waals surface area contributed by atoms with Crippen molar-refractivity contribution in [1.29, 1.82) is 0 Å². The molecule has 2 saturated heterocycles. The van der Waals surface area contributed by atoms with E-state index in [0.29, 0.717) is 23.2 Å². The summed E-state index contributed by atoms with van der Waals surface area (Å²) >= 11 is 0. The van der Waals surface area contributed by atoms with E-state index in [4.69, 9.17) is 4.74 Å². The second kappa shape index (κ2) is 9.24. The summed E-state index contributed by atoms with van der Waals surface area (Å²) in [7, 11) is 0. The Bertz CT molecular complexity index is 1280. The Morgan fingerprint density at radius 2 is 1.83 bits per heavy atom. The van der Waals surface area contributed by atoms with Crippen LogP contribution in [-0.4, -0.2) is 41.2 Å². The van der Waals surface area contributed by atoms with E-state index < -0.39 is 11.6 Å². The number of hydrogen-bond donors (Lipinski definition) is 1. The normalized spacial score (nSPS) is 18.8. The highest BCUT2D eigenvalue weighted by molar-refractivity contribution is 5.99. The Labute approximate surface area is 208 Å². The van der Waals surface area contributed by atoms with Gasteiger partial charge in [0.1, 0.15) is 11.6 Å². The molecular formula is C28H28F2N4O2. The maximum absolute atomic E-state index is 14.5. The zero-order valence-electron chi connectivity index (χ0n) is 20.0. The molecule has 1 N–H and O–H groups in total. The molecule has 0 aliphatic carbocycles. The minimum atomic E-state index is -0.685. The summed E-state index contributed by atoms with van der Waals surface area (Å²) in [4.78, 5) is 23.9. The van der Waals surface area contributed by atoms with Gasteiger partial charge < -0.3 is 15.0 Å². The lowest BCUT2D eigenvalue weighted by Gasteiger charge is -2.44. The summed E-state index contributed by atoms with van der Waals surface area (Å²) in [5, 5.41) is 2.77. The summed E-state index contributed by atoms with van der Waals surface area (Å²) in [6.45, 7) is 2.99. The minimum absolute atomic E-state index is 0.0554. The molecule has 2 aromatic heterocycles. The van der Waals surface area contributed by atoms with Crippen LogP contribution in [0, 0.1) is 11.6 Å². The number of aromatic nitrogens is 2. The fourth-order valence-corrected chi connectivity index (χ4v) is 5.70. The van der Waals surface area contributed by atoms with Crippen molar-refractivity contribution < 1.29 is 18.3 Å². The third-order valence-corrected chi connectivity index (χ3v) is 7.69. The molecule has 3 aliphatic rings. The Morgan fingerprint density at radius 3 is 2.53 bits per heavy atom. The number of piperidine rings is 1. The highest BCUT2D eigenvalue weighted by Gasteiger charge is 2.37. The molecule has 6 rings (SSSR count). The van der Waals surface area contributed by atoms with Gasteiger partial charge in [-0.25, -0.2) is 13.8 Å². The first kappa shape index (κ1) is 23.0. The summed E-state index contributed by atoms with van der Waals surface area (Å²) in [6.07, 6.45) is 7.85. The number of halogens is 2. The third-order valence-electron chi connectivity index (χ3n) is 7.69. The first-order chi connectivity index (χ1) is 17.5. The number of anilines is 1. The van der Waals surface area contributed by atoms with Crippen LogP contribution in [0.4, 0.5) is 14.5 Å². The van der Waals surface area contributed by atoms with Gasteiger partial charge in [0.25, 0.3) is 5.91 Å². The molecule has 3 aliphatic heterocycles. The summed E-state index contributed by atoms with van der Waals surface area (Å²) in [5.41, 5.74) is 3.51. The van der Waals surface area contributed by atoms with Crippen LogP contribution >= 0.6 is 0 Å². The topological polar surface area (TPSA) is 67.4 Å². The molecule has 186 valence electrons. The number of carbonyl (C=O) groups is 1. The maximum Gasteiger partial charge on any atom is 0.253 e. The number of ether oxygens (including phenoxy) is 1. The van der Waals surface area contributed by atoms with Crippen LogP contribution in [0.25, 0.3) is 11.3 Å². The van der Waals surface area contributed by atoms with Crippen molar-refractivity contribution in [2.24, 2.45) is 0 Å². The number of benzene rings is 1. The average molecular weight is 491 g/mol. The second-order valence-electron chi connectivity index (χ2n) is 9.93. The SMILES string of the molecule is O=C1NCc2nc(-c3c(F)cccc3F)cc(Cc3ccc(N4CCC5(CCCCO5)CC4)cn3)c21. The van der Waals surface area contributed by atoms with E-state index in [1.807, 2.05) is 12.3 Å². The Balaban J connectivity index is 1.24. The third kappa shape index (κ3) is 4.23. The fourth-order valence-electron chi connectivity index (χ4n) is 5.70. The Kier molecular flexibility index (Phi) is 5.91. The molecule has 0 saturated carbocycles.